The molecule has 0 aliphatic heterocycles. The van der Waals surface area contributed by atoms with Gasteiger partial charge in [0.1, 0.15) is 0 Å². The minimum atomic E-state index is -0.467. The SMILES string of the molecule is CCCCCCCCCCCCOC(=O)[C@H](CS)N[Se]C(C)=O. The Balaban J connectivity index is 3.45. The van der Waals surface area contributed by atoms with Crippen molar-refractivity contribution in [1.29, 1.82) is 0 Å². The van der Waals surface area contributed by atoms with Crippen LogP contribution >= 0.6 is 12.6 Å². The molecule has 0 aliphatic carbocycles. The monoisotopic (exact) mass is 411 g/mol. The second kappa shape index (κ2) is 16.8. The number of rotatable bonds is 16. The molecule has 0 aromatic rings. The fourth-order valence-electron chi connectivity index (χ4n) is 2.18. The summed E-state index contributed by atoms with van der Waals surface area (Å²) < 4.78 is 8.23. The summed E-state index contributed by atoms with van der Waals surface area (Å²) in [4.78, 5) is 22.7. The van der Waals surface area contributed by atoms with Crippen LogP contribution in [-0.2, 0) is 14.3 Å². The van der Waals surface area contributed by atoms with E-state index >= 15 is 0 Å². The van der Waals surface area contributed by atoms with Crippen molar-refractivity contribution in [2.75, 3.05) is 12.4 Å². The van der Waals surface area contributed by atoms with Crippen LogP contribution in [0.25, 0.3) is 0 Å². The number of nitrogens with one attached hydrogen (secondary N) is 1. The van der Waals surface area contributed by atoms with Gasteiger partial charge in [-0.15, -0.1) is 0 Å². The molecule has 23 heavy (non-hydrogen) atoms. The number of ether oxygens (including phenoxy) is 1. The summed E-state index contributed by atoms with van der Waals surface area (Å²) in [5.74, 6) is 0.0605. The molecule has 0 bridgehead atoms. The van der Waals surface area contributed by atoms with Gasteiger partial charge in [-0.2, -0.15) is 0 Å². The van der Waals surface area contributed by atoms with E-state index in [0.29, 0.717) is 12.4 Å². The number of thiol groups is 1. The topological polar surface area (TPSA) is 55.4 Å². The van der Waals surface area contributed by atoms with Crippen molar-refractivity contribution in [3.8, 4) is 0 Å². The van der Waals surface area contributed by atoms with Crippen molar-refractivity contribution < 1.29 is 14.3 Å². The molecule has 1 atom stereocenters. The first-order chi connectivity index (χ1) is 11.1. The Bertz CT molecular complexity index is 316. The molecule has 0 heterocycles. The molecule has 0 amide bonds. The maximum atomic E-state index is 11.8. The van der Waals surface area contributed by atoms with Crippen LogP contribution in [0.2, 0.25) is 0 Å². The van der Waals surface area contributed by atoms with Gasteiger partial charge in [0, 0.05) is 0 Å². The van der Waals surface area contributed by atoms with E-state index in [0.717, 1.165) is 12.8 Å². The standard InChI is InChI=1S/C17H33NO3SSe/c1-3-4-5-6-7-8-9-10-11-12-13-21-17(20)16(14-22)18-23-15(2)19/h16,18,22H,3-14H2,1-2H3/t16-/m0/s1. The van der Waals surface area contributed by atoms with Gasteiger partial charge in [-0.05, 0) is 0 Å². The zero-order valence-corrected chi connectivity index (χ0v) is 17.3. The molecule has 0 saturated heterocycles. The van der Waals surface area contributed by atoms with Crippen LogP contribution in [0, 0.1) is 0 Å². The van der Waals surface area contributed by atoms with Crippen LogP contribution in [0.1, 0.15) is 78.1 Å². The number of hydrogen-bond acceptors (Lipinski definition) is 5. The molecule has 0 aromatic heterocycles. The zero-order valence-electron chi connectivity index (χ0n) is 14.6. The Kier molecular flexibility index (Phi) is 16.8. The average Bonchev–Trinajstić information content (AvgIpc) is 2.53. The molecule has 1 N–H and O–H groups in total. The minimum absolute atomic E-state index is 0.0618. The van der Waals surface area contributed by atoms with Gasteiger partial charge in [-0.1, -0.05) is 26.2 Å². The number of unbranched alkanes of at least 4 members (excludes halogenated alkanes) is 9. The van der Waals surface area contributed by atoms with Gasteiger partial charge in [0.05, 0.1) is 0 Å². The molecular formula is C17H33NO3SSe. The first kappa shape index (κ1) is 23.0. The van der Waals surface area contributed by atoms with E-state index in [1.807, 2.05) is 0 Å². The van der Waals surface area contributed by atoms with E-state index in [1.54, 1.807) is 0 Å². The Morgan fingerprint density at radius 1 is 1.00 bits per heavy atom. The van der Waals surface area contributed by atoms with Crippen molar-refractivity contribution in [1.82, 2.24) is 4.33 Å². The number of carbonyl (C=O) groups excluding carboxylic acids is 2. The molecule has 0 fully saturated rings. The van der Waals surface area contributed by atoms with Gasteiger partial charge in [0.25, 0.3) is 0 Å². The molecule has 0 radical (unpaired) electrons. The summed E-state index contributed by atoms with van der Waals surface area (Å²) in [7, 11) is 0. The van der Waals surface area contributed by atoms with Crippen LogP contribution < -0.4 is 4.33 Å². The quantitative estimate of drug-likeness (QED) is 0.177. The van der Waals surface area contributed by atoms with Gasteiger partial charge >= 0.3 is 127 Å². The van der Waals surface area contributed by atoms with Crippen LogP contribution in [0.3, 0.4) is 0 Å². The van der Waals surface area contributed by atoms with Crippen molar-refractivity contribution in [2.45, 2.75) is 84.1 Å². The summed E-state index contributed by atoms with van der Waals surface area (Å²) in [6.07, 6.45) is 12.6. The Morgan fingerprint density at radius 3 is 2.00 bits per heavy atom. The van der Waals surface area contributed by atoms with Crippen molar-refractivity contribution >= 4 is 38.5 Å². The Hall–Kier alpha value is -0.0305. The van der Waals surface area contributed by atoms with Crippen LogP contribution in [0.5, 0.6) is 0 Å². The van der Waals surface area contributed by atoms with Gasteiger partial charge in [-0.3, -0.25) is 0 Å². The van der Waals surface area contributed by atoms with E-state index in [2.05, 4.69) is 23.9 Å². The van der Waals surface area contributed by atoms with Crippen LogP contribution in [-0.4, -0.2) is 44.2 Å². The van der Waals surface area contributed by atoms with E-state index in [-0.39, 0.29) is 25.8 Å². The molecule has 6 heteroatoms. The predicted octanol–water partition coefficient (Wildman–Crippen LogP) is 3.50. The number of hydrogen-bond donors (Lipinski definition) is 2. The molecule has 0 aromatic carbocycles. The molecular weight excluding hydrogens is 377 g/mol. The van der Waals surface area contributed by atoms with Crippen LogP contribution in [0.4, 0.5) is 0 Å². The third kappa shape index (κ3) is 15.2. The third-order valence-electron chi connectivity index (χ3n) is 3.55. The summed E-state index contributed by atoms with van der Waals surface area (Å²) in [6.45, 7) is 4.22. The Morgan fingerprint density at radius 2 is 1.52 bits per heavy atom. The maximum absolute atomic E-state index is 11.8. The summed E-state index contributed by atoms with van der Waals surface area (Å²) >= 11 is 3.75. The third-order valence-corrected chi connectivity index (χ3v) is 5.37. The summed E-state index contributed by atoms with van der Waals surface area (Å²) in [5.41, 5.74) is 0. The van der Waals surface area contributed by atoms with Crippen LogP contribution in [0.15, 0.2) is 0 Å². The normalized spacial score (nSPS) is 12.1. The number of esters is 1. The molecule has 0 unspecified atom stereocenters. The molecule has 136 valence electrons. The van der Waals surface area contributed by atoms with Crippen molar-refractivity contribution in [3.63, 3.8) is 0 Å². The number of carbonyl (C=O) groups is 2. The van der Waals surface area contributed by atoms with Gasteiger partial charge in [0.15, 0.2) is 0 Å². The summed E-state index contributed by atoms with van der Waals surface area (Å²) in [6, 6.07) is -0.467. The molecule has 4 nitrogen and oxygen atoms in total. The average molecular weight is 410 g/mol. The van der Waals surface area contributed by atoms with E-state index in [4.69, 9.17) is 4.74 Å². The first-order valence-corrected chi connectivity index (χ1v) is 11.2. The van der Waals surface area contributed by atoms with E-state index in [9.17, 15) is 9.59 Å². The van der Waals surface area contributed by atoms with E-state index < -0.39 is 6.04 Å². The zero-order chi connectivity index (χ0) is 17.3. The molecule has 0 spiro atoms. The molecule has 0 rings (SSSR count). The fraction of sp³-hybridized carbons (Fsp3) is 0.882. The first-order valence-electron chi connectivity index (χ1n) is 8.82. The predicted molar refractivity (Wildman–Crippen MR) is 100 cm³/mol. The fourth-order valence-corrected chi connectivity index (χ4v) is 3.72. The van der Waals surface area contributed by atoms with Gasteiger partial charge in [-0.25, -0.2) is 0 Å². The Labute approximate surface area is 153 Å². The van der Waals surface area contributed by atoms with Gasteiger partial charge in [0.2, 0.25) is 0 Å². The summed E-state index contributed by atoms with van der Waals surface area (Å²) in [5, 5.41) is 0. The second-order valence-electron chi connectivity index (χ2n) is 5.80. The van der Waals surface area contributed by atoms with Crippen molar-refractivity contribution in [3.05, 3.63) is 0 Å². The molecule has 0 saturated carbocycles. The van der Waals surface area contributed by atoms with E-state index in [1.165, 1.54) is 58.3 Å². The van der Waals surface area contributed by atoms with Gasteiger partial charge < -0.3 is 0 Å². The van der Waals surface area contributed by atoms with Crippen molar-refractivity contribution in [2.24, 2.45) is 0 Å². The second-order valence-corrected chi connectivity index (χ2v) is 8.29. The molecule has 0 aliphatic rings.